The first-order valence-corrected chi connectivity index (χ1v) is 10.1. The lowest BCUT2D eigenvalue weighted by Crippen LogP contribution is -2.53. The van der Waals surface area contributed by atoms with E-state index < -0.39 is 0 Å². The summed E-state index contributed by atoms with van der Waals surface area (Å²) in [7, 11) is 0. The fourth-order valence-corrected chi connectivity index (χ4v) is 4.28. The van der Waals surface area contributed by atoms with Crippen LogP contribution in [0.4, 0.5) is 4.79 Å². The highest BCUT2D eigenvalue weighted by Gasteiger charge is 2.30. The number of furan rings is 1. The Labute approximate surface area is 173 Å². The Hall–Kier alpha value is -2.18. The van der Waals surface area contributed by atoms with Gasteiger partial charge < -0.3 is 19.5 Å². The van der Waals surface area contributed by atoms with Gasteiger partial charge in [0.25, 0.3) is 5.91 Å². The molecule has 2 aromatic rings. The first kappa shape index (κ1) is 19.2. The first-order chi connectivity index (χ1) is 13.4. The van der Waals surface area contributed by atoms with Crippen molar-refractivity contribution in [1.82, 2.24) is 15.1 Å². The summed E-state index contributed by atoms with van der Waals surface area (Å²) in [5.41, 5.74) is 2.05. The molecule has 1 saturated heterocycles. The topological polar surface area (TPSA) is 65.8 Å². The van der Waals surface area contributed by atoms with Gasteiger partial charge in [-0.05, 0) is 49.1 Å². The molecule has 0 radical (unpaired) electrons. The van der Waals surface area contributed by atoms with Crippen molar-refractivity contribution in [2.24, 2.45) is 0 Å². The van der Waals surface area contributed by atoms with Crippen LogP contribution < -0.4 is 5.32 Å². The Morgan fingerprint density at radius 1 is 1.07 bits per heavy atom. The summed E-state index contributed by atoms with van der Waals surface area (Å²) >= 11 is 12.4. The second kappa shape index (κ2) is 7.68. The molecule has 2 aliphatic rings. The van der Waals surface area contributed by atoms with Gasteiger partial charge >= 0.3 is 6.03 Å². The summed E-state index contributed by atoms with van der Waals surface area (Å²) in [5, 5.41) is 4.22. The van der Waals surface area contributed by atoms with E-state index in [1.165, 1.54) is 0 Å². The molecule has 8 heteroatoms. The molecule has 1 atom stereocenters. The van der Waals surface area contributed by atoms with Crippen molar-refractivity contribution in [3.63, 3.8) is 0 Å². The zero-order chi connectivity index (χ0) is 19.8. The van der Waals surface area contributed by atoms with E-state index in [9.17, 15) is 9.59 Å². The number of amides is 3. The van der Waals surface area contributed by atoms with Crippen LogP contribution in [0.15, 0.2) is 28.7 Å². The highest BCUT2D eigenvalue weighted by molar-refractivity contribution is 6.42. The van der Waals surface area contributed by atoms with Crippen LogP contribution in [0.3, 0.4) is 0 Å². The number of nitrogens with zero attached hydrogens (tertiary/aromatic N) is 2. The molecule has 1 aromatic heterocycles. The van der Waals surface area contributed by atoms with E-state index in [1.807, 2.05) is 6.07 Å². The van der Waals surface area contributed by atoms with Crippen LogP contribution in [0.5, 0.6) is 0 Å². The SMILES string of the molecule is Cc1ccc(C(=O)N2CCN(C(=O)NC3CCc4c3ccc(Cl)c4Cl)CC2)o1. The van der Waals surface area contributed by atoms with Crippen molar-refractivity contribution in [1.29, 1.82) is 0 Å². The van der Waals surface area contributed by atoms with Crippen LogP contribution >= 0.6 is 23.2 Å². The third-order valence-corrected chi connectivity index (χ3v) is 6.24. The average Bonchev–Trinajstić information content (AvgIpc) is 3.31. The second-order valence-corrected chi connectivity index (χ2v) is 7.94. The van der Waals surface area contributed by atoms with E-state index in [2.05, 4.69) is 5.32 Å². The number of halogens is 2. The number of nitrogens with one attached hydrogen (secondary N) is 1. The molecule has 4 rings (SSSR count). The smallest absolute Gasteiger partial charge is 0.318 e. The van der Waals surface area contributed by atoms with E-state index in [4.69, 9.17) is 27.6 Å². The normalized spacial score (nSPS) is 18.9. The van der Waals surface area contributed by atoms with Gasteiger partial charge in [0.2, 0.25) is 0 Å². The van der Waals surface area contributed by atoms with Crippen LogP contribution in [-0.4, -0.2) is 47.9 Å². The summed E-state index contributed by atoms with van der Waals surface area (Å²) in [5.74, 6) is 0.914. The van der Waals surface area contributed by atoms with Crippen molar-refractivity contribution in [2.45, 2.75) is 25.8 Å². The van der Waals surface area contributed by atoms with E-state index >= 15 is 0 Å². The van der Waals surface area contributed by atoms with Gasteiger partial charge in [0, 0.05) is 26.2 Å². The van der Waals surface area contributed by atoms with Crippen LogP contribution in [-0.2, 0) is 6.42 Å². The van der Waals surface area contributed by atoms with Crippen molar-refractivity contribution in [3.05, 3.63) is 57.0 Å². The fraction of sp³-hybridized carbons (Fsp3) is 0.400. The van der Waals surface area contributed by atoms with Crippen LogP contribution in [0, 0.1) is 6.92 Å². The maximum Gasteiger partial charge on any atom is 0.318 e. The molecule has 1 fully saturated rings. The molecule has 1 N–H and O–H groups in total. The molecule has 28 heavy (non-hydrogen) atoms. The third kappa shape index (κ3) is 3.59. The minimum Gasteiger partial charge on any atom is -0.456 e. The van der Waals surface area contributed by atoms with Gasteiger partial charge in [0.05, 0.1) is 16.1 Å². The molecule has 1 aromatic carbocycles. The number of aryl methyl sites for hydroxylation is 1. The zero-order valence-corrected chi connectivity index (χ0v) is 17.0. The van der Waals surface area contributed by atoms with E-state index in [0.717, 1.165) is 24.0 Å². The van der Waals surface area contributed by atoms with Gasteiger partial charge in [0.1, 0.15) is 5.76 Å². The molecular formula is C20H21Cl2N3O3. The van der Waals surface area contributed by atoms with Crippen LogP contribution in [0.25, 0.3) is 0 Å². The maximum atomic E-state index is 12.7. The van der Waals surface area contributed by atoms with Crippen LogP contribution in [0.2, 0.25) is 10.0 Å². The summed E-state index contributed by atoms with van der Waals surface area (Å²) in [4.78, 5) is 28.6. The zero-order valence-electron chi connectivity index (χ0n) is 15.5. The Morgan fingerprint density at radius 2 is 1.79 bits per heavy atom. The van der Waals surface area contributed by atoms with Crippen molar-refractivity contribution in [3.8, 4) is 0 Å². The van der Waals surface area contributed by atoms with Crippen molar-refractivity contribution < 1.29 is 14.0 Å². The number of benzene rings is 1. The quantitative estimate of drug-likeness (QED) is 0.794. The van der Waals surface area contributed by atoms with Gasteiger partial charge in [-0.25, -0.2) is 4.79 Å². The van der Waals surface area contributed by atoms with Gasteiger partial charge in [-0.1, -0.05) is 29.3 Å². The lowest BCUT2D eigenvalue weighted by Gasteiger charge is -2.35. The Bertz CT molecular complexity index is 919. The van der Waals surface area contributed by atoms with Gasteiger partial charge in [-0.2, -0.15) is 0 Å². The molecule has 1 aliphatic heterocycles. The second-order valence-electron chi connectivity index (χ2n) is 7.16. The number of carbonyl (C=O) groups is 2. The minimum atomic E-state index is -0.135. The van der Waals surface area contributed by atoms with Crippen LogP contribution in [0.1, 0.15) is 39.9 Å². The predicted molar refractivity (Wildman–Crippen MR) is 107 cm³/mol. The van der Waals surface area contributed by atoms with Crippen molar-refractivity contribution >= 4 is 35.1 Å². The number of carbonyl (C=O) groups excluding carboxylic acids is 2. The highest BCUT2D eigenvalue weighted by atomic mass is 35.5. The van der Waals surface area contributed by atoms with E-state index in [0.29, 0.717) is 47.7 Å². The number of urea groups is 1. The predicted octanol–water partition coefficient (Wildman–Crippen LogP) is 4.05. The molecule has 148 valence electrons. The number of piperazine rings is 1. The molecular weight excluding hydrogens is 401 g/mol. The average molecular weight is 422 g/mol. The summed E-state index contributed by atoms with van der Waals surface area (Å²) < 4.78 is 5.41. The van der Waals surface area contributed by atoms with E-state index in [-0.39, 0.29) is 18.0 Å². The molecule has 1 aliphatic carbocycles. The van der Waals surface area contributed by atoms with E-state index in [1.54, 1.807) is 34.9 Å². The number of hydrogen-bond acceptors (Lipinski definition) is 3. The highest BCUT2D eigenvalue weighted by Crippen LogP contribution is 2.39. The Morgan fingerprint density at radius 3 is 2.46 bits per heavy atom. The first-order valence-electron chi connectivity index (χ1n) is 9.32. The third-order valence-electron chi connectivity index (χ3n) is 5.39. The lowest BCUT2D eigenvalue weighted by molar-refractivity contribution is 0.0631. The summed E-state index contributed by atoms with van der Waals surface area (Å²) in [6.45, 7) is 3.74. The van der Waals surface area contributed by atoms with Crippen molar-refractivity contribution in [2.75, 3.05) is 26.2 Å². The molecule has 1 unspecified atom stereocenters. The van der Waals surface area contributed by atoms with Gasteiger partial charge in [-0.3, -0.25) is 4.79 Å². The minimum absolute atomic E-state index is 0.0666. The Kier molecular flexibility index (Phi) is 5.25. The number of hydrogen-bond donors (Lipinski definition) is 1. The molecule has 0 spiro atoms. The fourth-order valence-electron chi connectivity index (χ4n) is 3.84. The summed E-state index contributed by atoms with van der Waals surface area (Å²) in [6, 6.07) is 6.98. The molecule has 6 nitrogen and oxygen atoms in total. The lowest BCUT2D eigenvalue weighted by atomic mass is 10.1. The number of rotatable bonds is 2. The molecule has 0 bridgehead atoms. The number of fused-ring (bicyclic) bond motifs is 1. The Balaban J connectivity index is 1.34. The standard InChI is InChI=1S/C20H21Cl2N3O3/c1-12-2-7-17(28-12)19(26)24-8-10-25(11-9-24)20(27)23-16-6-4-14-13(16)3-5-15(21)18(14)22/h2-3,5,7,16H,4,6,8-11H2,1H3,(H,23,27). The maximum absolute atomic E-state index is 12.7. The monoisotopic (exact) mass is 421 g/mol. The largest absolute Gasteiger partial charge is 0.456 e. The summed E-state index contributed by atoms with van der Waals surface area (Å²) in [6.07, 6.45) is 1.60. The molecule has 2 heterocycles. The molecule has 3 amide bonds. The molecule has 0 saturated carbocycles. The van der Waals surface area contributed by atoms with Gasteiger partial charge in [-0.15, -0.1) is 0 Å². The van der Waals surface area contributed by atoms with Gasteiger partial charge in [0.15, 0.2) is 5.76 Å².